The second-order valence-electron chi connectivity index (χ2n) is 3.95. The van der Waals surface area contributed by atoms with Crippen molar-refractivity contribution in [1.82, 2.24) is 5.32 Å². The number of ether oxygens (including phenoxy) is 1. The Morgan fingerprint density at radius 2 is 2.06 bits per heavy atom. The van der Waals surface area contributed by atoms with Gasteiger partial charge in [0.05, 0.1) is 11.6 Å². The fourth-order valence-corrected chi connectivity index (χ4v) is 1.99. The Balaban J connectivity index is 2.46. The average Bonchev–Trinajstić information content (AvgIpc) is 2.34. The summed E-state index contributed by atoms with van der Waals surface area (Å²) in [7, 11) is 1.60. The number of benzene rings is 1. The van der Waals surface area contributed by atoms with Crippen molar-refractivity contribution < 1.29 is 14.3 Å². The van der Waals surface area contributed by atoms with Crippen molar-refractivity contribution in [2.75, 3.05) is 7.11 Å². The third-order valence-electron chi connectivity index (χ3n) is 2.41. The maximum atomic E-state index is 11.4. The Bertz CT molecular complexity index is 446. The molecule has 0 atom stereocenters. The van der Waals surface area contributed by atoms with Gasteiger partial charge in [0.25, 0.3) is 0 Å². The summed E-state index contributed by atoms with van der Waals surface area (Å²) >= 11 is 3.38. The number of hydrogen-bond acceptors (Lipinski definition) is 3. The van der Waals surface area contributed by atoms with Crippen LogP contribution in [-0.4, -0.2) is 18.8 Å². The molecule has 0 aromatic heterocycles. The van der Waals surface area contributed by atoms with E-state index in [1.54, 1.807) is 7.11 Å². The molecule has 0 heterocycles. The van der Waals surface area contributed by atoms with Crippen LogP contribution in [0.25, 0.3) is 0 Å². The number of methoxy groups -OCH3 is 1. The van der Waals surface area contributed by atoms with Gasteiger partial charge in [-0.2, -0.15) is 0 Å². The van der Waals surface area contributed by atoms with E-state index in [4.69, 9.17) is 4.74 Å². The molecule has 98 valence electrons. The molecule has 0 unspecified atom stereocenters. The number of halogens is 1. The third-order valence-corrected chi connectivity index (χ3v) is 3.03. The Kier molecular flexibility index (Phi) is 5.85. The molecule has 4 nitrogen and oxygen atoms in total. The van der Waals surface area contributed by atoms with Crippen molar-refractivity contribution in [3.05, 3.63) is 28.2 Å². The van der Waals surface area contributed by atoms with Gasteiger partial charge in [-0.25, -0.2) is 0 Å². The second-order valence-corrected chi connectivity index (χ2v) is 4.80. The van der Waals surface area contributed by atoms with Crippen LogP contribution in [-0.2, 0) is 16.1 Å². The van der Waals surface area contributed by atoms with Gasteiger partial charge in [-0.15, -0.1) is 0 Å². The van der Waals surface area contributed by atoms with E-state index in [1.165, 1.54) is 6.92 Å². The minimum atomic E-state index is -0.114. The van der Waals surface area contributed by atoms with E-state index in [9.17, 15) is 9.59 Å². The van der Waals surface area contributed by atoms with Gasteiger partial charge in [-0.1, -0.05) is 6.07 Å². The predicted molar refractivity (Wildman–Crippen MR) is 72.5 cm³/mol. The lowest BCUT2D eigenvalue weighted by Gasteiger charge is -2.07. The topological polar surface area (TPSA) is 55.4 Å². The molecule has 0 aliphatic rings. The molecule has 1 amide bonds. The second kappa shape index (κ2) is 7.16. The lowest BCUT2D eigenvalue weighted by Crippen LogP contribution is -2.22. The number of hydrogen-bond donors (Lipinski definition) is 1. The Morgan fingerprint density at radius 3 is 2.61 bits per heavy atom. The molecule has 0 aliphatic heterocycles. The average molecular weight is 314 g/mol. The first-order valence-electron chi connectivity index (χ1n) is 5.61. The van der Waals surface area contributed by atoms with Crippen molar-refractivity contribution >= 4 is 27.6 Å². The van der Waals surface area contributed by atoms with Crippen LogP contribution in [0.1, 0.15) is 25.3 Å². The predicted octanol–water partition coefficient (Wildman–Crippen LogP) is 2.44. The zero-order valence-electron chi connectivity index (χ0n) is 10.5. The normalized spacial score (nSPS) is 9.94. The summed E-state index contributed by atoms with van der Waals surface area (Å²) in [6.45, 7) is 1.92. The number of nitrogens with one attached hydrogen (secondary N) is 1. The van der Waals surface area contributed by atoms with E-state index in [1.807, 2.05) is 18.2 Å². The Labute approximate surface area is 115 Å². The van der Waals surface area contributed by atoms with E-state index in [0.717, 1.165) is 15.8 Å². The minimum absolute atomic E-state index is 0.0253. The smallest absolute Gasteiger partial charge is 0.220 e. The summed E-state index contributed by atoms with van der Waals surface area (Å²) in [6, 6.07) is 5.61. The largest absolute Gasteiger partial charge is 0.496 e. The molecule has 1 aromatic rings. The molecule has 0 fully saturated rings. The van der Waals surface area contributed by atoms with Crippen molar-refractivity contribution in [1.29, 1.82) is 0 Å². The molecule has 0 aliphatic carbocycles. The highest BCUT2D eigenvalue weighted by atomic mass is 79.9. The van der Waals surface area contributed by atoms with Crippen LogP contribution >= 0.6 is 15.9 Å². The molecule has 0 saturated heterocycles. The van der Waals surface area contributed by atoms with Crippen LogP contribution < -0.4 is 10.1 Å². The van der Waals surface area contributed by atoms with Crippen molar-refractivity contribution in [3.8, 4) is 5.75 Å². The van der Waals surface area contributed by atoms with Gasteiger partial charge in [0.2, 0.25) is 5.91 Å². The molecule has 0 saturated carbocycles. The maximum Gasteiger partial charge on any atom is 0.220 e. The summed E-state index contributed by atoms with van der Waals surface area (Å²) in [5.74, 6) is 0.663. The van der Waals surface area contributed by atoms with Gasteiger partial charge in [0, 0.05) is 19.4 Å². The van der Waals surface area contributed by atoms with Crippen LogP contribution in [0.4, 0.5) is 0 Å². The lowest BCUT2D eigenvalue weighted by atomic mass is 10.2. The standard InChI is InChI=1S/C13H16BrNO3/c1-9(16)3-6-13(17)15-8-10-4-5-12(18-2)11(14)7-10/h4-5,7H,3,6,8H2,1-2H3,(H,15,17). The van der Waals surface area contributed by atoms with E-state index in [-0.39, 0.29) is 24.5 Å². The molecular formula is C13H16BrNO3. The number of ketones is 1. The third kappa shape index (κ3) is 4.87. The highest BCUT2D eigenvalue weighted by molar-refractivity contribution is 9.10. The summed E-state index contributed by atoms with van der Waals surface area (Å²) < 4.78 is 5.97. The first-order valence-corrected chi connectivity index (χ1v) is 6.40. The summed E-state index contributed by atoms with van der Waals surface area (Å²) in [5, 5.41) is 2.77. The zero-order valence-corrected chi connectivity index (χ0v) is 12.0. The SMILES string of the molecule is COc1ccc(CNC(=O)CCC(C)=O)cc1Br. The van der Waals surface area contributed by atoms with Crippen molar-refractivity contribution in [2.24, 2.45) is 0 Å². The number of rotatable bonds is 6. The molecule has 18 heavy (non-hydrogen) atoms. The van der Waals surface area contributed by atoms with Crippen LogP contribution in [0, 0.1) is 0 Å². The fourth-order valence-electron chi connectivity index (χ4n) is 1.40. The minimum Gasteiger partial charge on any atom is -0.496 e. The maximum absolute atomic E-state index is 11.4. The quantitative estimate of drug-likeness (QED) is 0.877. The molecule has 1 aromatic carbocycles. The van der Waals surface area contributed by atoms with Gasteiger partial charge in [-0.05, 0) is 40.5 Å². The van der Waals surface area contributed by atoms with Crippen LogP contribution in [0.3, 0.4) is 0 Å². The molecule has 1 rings (SSSR count). The molecule has 0 radical (unpaired) electrons. The van der Waals surface area contributed by atoms with Crippen molar-refractivity contribution in [3.63, 3.8) is 0 Å². The summed E-state index contributed by atoms with van der Waals surface area (Å²) in [5.41, 5.74) is 0.971. The fraction of sp³-hybridized carbons (Fsp3) is 0.385. The number of amides is 1. The number of carbonyl (C=O) groups excluding carboxylic acids is 2. The lowest BCUT2D eigenvalue weighted by molar-refractivity contribution is -0.124. The van der Waals surface area contributed by atoms with Gasteiger partial charge < -0.3 is 14.8 Å². The Morgan fingerprint density at radius 1 is 1.33 bits per heavy atom. The first kappa shape index (κ1) is 14.7. The molecule has 5 heteroatoms. The van der Waals surface area contributed by atoms with Crippen LogP contribution in [0.5, 0.6) is 5.75 Å². The zero-order chi connectivity index (χ0) is 13.5. The summed E-state index contributed by atoms with van der Waals surface area (Å²) in [4.78, 5) is 22.2. The Hall–Kier alpha value is -1.36. The summed E-state index contributed by atoms with van der Waals surface area (Å²) in [6.07, 6.45) is 0.533. The van der Waals surface area contributed by atoms with E-state index >= 15 is 0 Å². The van der Waals surface area contributed by atoms with Gasteiger partial charge in [0.15, 0.2) is 0 Å². The van der Waals surface area contributed by atoms with Gasteiger partial charge >= 0.3 is 0 Å². The van der Waals surface area contributed by atoms with Crippen LogP contribution in [0.15, 0.2) is 22.7 Å². The number of carbonyl (C=O) groups is 2. The monoisotopic (exact) mass is 313 g/mol. The molecular weight excluding hydrogens is 298 g/mol. The van der Waals surface area contributed by atoms with Crippen molar-refractivity contribution in [2.45, 2.75) is 26.3 Å². The molecule has 1 N–H and O–H groups in total. The van der Waals surface area contributed by atoms with E-state index < -0.39 is 0 Å². The van der Waals surface area contributed by atoms with Crippen LogP contribution in [0.2, 0.25) is 0 Å². The highest BCUT2D eigenvalue weighted by Crippen LogP contribution is 2.25. The van der Waals surface area contributed by atoms with E-state index in [2.05, 4.69) is 21.2 Å². The highest BCUT2D eigenvalue weighted by Gasteiger charge is 2.05. The molecule has 0 spiro atoms. The molecule has 0 bridgehead atoms. The van der Waals surface area contributed by atoms with Gasteiger partial charge in [-0.3, -0.25) is 4.79 Å². The van der Waals surface area contributed by atoms with Gasteiger partial charge in [0.1, 0.15) is 11.5 Å². The first-order chi connectivity index (χ1) is 8.52. The number of Topliss-reactive ketones (excluding diaryl/α,β-unsaturated/α-hetero) is 1. The van der Waals surface area contributed by atoms with E-state index in [0.29, 0.717) is 6.54 Å².